The van der Waals surface area contributed by atoms with Crippen LogP contribution in [-0.4, -0.2) is 34.1 Å². The predicted octanol–water partition coefficient (Wildman–Crippen LogP) is 4.21. The molecule has 1 aromatic carbocycles. The van der Waals surface area contributed by atoms with Crippen molar-refractivity contribution in [1.29, 1.82) is 0 Å². The van der Waals surface area contributed by atoms with E-state index >= 15 is 0 Å². The van der Waals surface area contributed by atoms with Gasteiger partial charge in [-0.2, -0.15) is 0 Å². The largest absolute Gasteiger partial charge is 0.481 e. The Morgan fingerprint density at radius 3 is 2.52 bits per heavy atom. The summed E-state index contributed by atoms with van der Waals surface area (Å²) in [4.78, 5) is 24.6. The summed E-state index contributed by atoms with van der Waals surface area (Å²) in [6.07, 6.45) is -0.114. The molecular weight excluding hydrogens is 360 g/mol. The van der Waals surface area contributed by atoms with Crippen LogP contribution in [0.4, 0.5) is 10.5 Å². The molecule has 2 N–H and O–H groups in total. The van der Waals surface area contributed by atoms with E-state index in [0.29, 0.717) is 10.7 Å². The van der Waals surface area contributed by atoms with Crippen molar-refractivity contribution < 1.29 is 14.7 Å². The van der Waals surface area contributed by atoms with Crippen LogP contribution in [0.3, 0.4) is 0 Å². The van der Waals surface area contributed by atoms with Crippen LogP contribution in [0.1, 0.15) is 27.2 Å². The minimum atomic E-state index is -0.947. The molecule has 0 fully saturated rings. The van der Waals surface area contributed by atoms with Crippen molar-refractivity contribution in [2.75, 3.05) is 11.9 Å². The number of rotatable bonds is 4. The average molecular weight is 378 g/mol. The van der Waals surface area contributed by atoms with Gasteiger partial charge in [-0.3, -0.25) is 4.79 Å². The van der Waals surface area contributed by atoms with Crippen LogP contribution in [0.15, 0.2) is 22.7 Å². The van der Waals surface area contributed by atoms with Crippen molar-refractivity contribution in [3.63, 3.8) is 0 Å². The van der Waals surface area contributed by atoms with E-state index in [1.165, 1.54) is 4.90 Å². The number of nitrogens with zero attached hydrogens (tertiary/aromatic N) is 1. The fourth-order valence-electron chi connectivity index (χ4n) is 1.73. The fourth-order valence-corrected chi connectivity index (χ4v) is 2.25. The summed E-state index contributed by atoms with van der Waals surface area (Å²) in [6.45, 7) is 5.65. The molecule has 2 amide bonds. The van der Waals surface area contributed by atoms with Gasteiger partial charge in [-0.25, -0.2) is 4.79 Å². The second-order valence-corrected chi connectivity index (χ2v) is 6.84. The Morgan fingerprint density at radius 1 is 1.38 bits per heavy atom. The van der Waals surface area contributed by atoms with Crippen LogP contribution in [0.5, 0.6) is 0 Å². The number of carbonyl (C=O) groups is 2. The summed E-state index contributed by atoms with van der Waals surface area (Å²) in [5, 5.41) is 11.9. The van der Waals surface area contributed by atoms with Crippen molar-refractivity contribution >= 4 is 45.2 Å². The van der Waals surface area contributed by atoms with Gasteiger partial charge in [-0.1, -0.05) is 27.5 Å². The van der Waals surface area contributed by atoms with Gasteiger partial charge in [0.2, 0.25) is 0 Å². The van der Waals surface area contributed by atoms with Crippen molar-refractivity contribution in [3.8, 4) is 0 Å². The zero-order valence-electron chi connectivity index (χ0n) is 12.1. The highest BCUT2D eigenvalue weighted by atomic mass is 79.9. The number of amides is 2. The van der Waals surface area contributed by atoms with E-state index in [4.69, 9.17) is 16.7 Å². The molecule has 0 saturated heterocycles. The Kier molecular flexibility index (Phi) is 6.04. The number of hydrogen-bond donors (Lipinski definition) is 2. The van der Waals surface area contributed by atoms with E-state index in [9.17, 15) is 9.59 Å². The molecule has 116 valence electrons. The standard InChI is InChI=1S/C14H18BrClN2O3/c1-14(2,3)18(7-6-12(19)20)13(21)17-11-8-9(15)4-5-10(11)16/h4-5,8H,6-7H2,1-3H3,(H,17,21)(H,19,20). The second kappa shape index (κ2) is 7.13. The van der Waals surface area contributed by atoms with E-state index in [2.05, 4.69) is 21.2 Å². The minimum absolute atomic E-state index is 0.114. The lowest BCUT2D eigenvalue weighted by Gasteiger charge is -2.35. The van der Waals surface area contributed by atoms with Crippen LogP contribution in [0.25, 0.3) is 0 Å². The Bertz CT molecular complexity index is 544. The highest BCUT2D eigenvalue weighted by Gasteiger charge is 2.27. The maximum Gasteiger partial charge on any atom is 0.322 e. The van der Waals surface area contributed by atoms with Gasteiger partial charge in [0.25, 0.3) is 0 Å². The zero-order chi connectivity index (χ0) is 16.2. The van der Waals surface area contributed by atoms with E-state index in [1.54, 1.807) is 18.2 Å². The third-order valence-corrected chi connectivity index (χ3v) is 3.60. The molecule has 0 aliphatic heterocycles. The molecule has 0 aliphatic carbocycles. The maximum atomic E-state index is 12.4. The van der Waals surface area contributed by atoms with Crippen molar-refractivity contribution in [2.45, 2.75) is 32.7 Å². The third kappa shape index (κ3) is 5.55. The van der Waals surface area contributed by atoms with E-state index in [1.807, 2.05) is 20.8 Å². The maximum absolute atomic E-state index is 12.4. The molecule has 0 radical (unpaired) electrons. The number of hydrogen-bond acceptors (Lipinski definition) is 2. The van der Waals surface area contributed by atoms with Crippen LogP contribution in [-0.2, 0) is 4.79 Å². The van der Waals surface area contributed by atoms with Crippen LogP contribution >= 0.6 is 27.5 Å². The van der Waals surface area contributed by atoms with Gasteiger partial charge < -0.3 is 15.3 Å². The van der Waals surface area contributed by atoms with Gasteiger partial charge in [-0.15, -0.1) is 0 Å². The number of benzene rings is 1. The van der Waals surface area contributed by atoms with Gasteiger partial charge in [0.1, 0.15) is 0 Å². The first kappa shape index (κ1) is 17.8. The summed E-state index contributed by atoms with van der Waals surface area (Å²) >= 11 is 9.35. The average Bonchev–Trinajstić information content (AvgIpc) is 2.32. The van der Waals surface area contributed by atoms with Crippen molar-refractivity contribution in [1.82, 2.24) is 4.90 Å². The summed E-state index contributed by atoms with van der Waals surface area (Å²) in [5.74, 6) is -0.947. The predicted molar refractivity (Wildman–Crippen MR) is 86.9 cm³/mol. The van der Waals surface area contributed by atoms with E-state index in [0.717, 1.165) is 4.47 Å². The first-order chi connectivity index (χ1) is 9.61. The van der Waals surface area contributed by atoms with Crippen LogP contribution < -0.4 is 5.32 Å². The van der Waals surface area contributed by atoms with E-state index in [-0.39, 0.29) is 19.0 Å². The molecule has 7 heteroatoms. The normalized spacial score (nSPS) is 11.1. The minimum Gasteiger partial charge on any atom is -0.481 e. The first-order valence-corrected chi connectivity index (χ1v) is 7.54. The lowest BCUT2D eigenvalue weighted by Crippen LogP contribution is -2.48. The Hall–Kier alpha value is -1.27. The number of carboxylic acids is 1. The summed E-state index contributed by atoms with van der Waals surface area (Å²) in [5.41, 5.74) is -0.0292. The highest BCUT2D eigenvalue weighted by molar-refractivity contribution is 9.10. The molecule has 21 heavy (non-hydrogen) atoms. The molecule has 0 aromatic heterocycles. The molecule has 0 atom stereocenters. The molecule has 1 aromatic rings. The van der Waals surface area contributed by atoms with Crippen LogP contribution in [0, 0.1) is 0 Å². The highest BCUT2D eigenvalue weighted by Crippen LogP contribution is 2.26. The molecule has 5 nitrogen and oxygen atoms in total. The third-order valence-electron chi connectivity index (χ3n) is 2.77. The van der Waals surface area contributed by atoms with Gasteiger partial charge in [0.15, 0.2) is 0 Å². The van der Waals surface area contributed by atoms with Gasteiger partial charge in [0, 0.05) is 16.6 Å². The monoisotopic (exact) mass is 376 g/mol. The molecule has 0 aliphatic rings. The Morgan fingerprint density at radius 2 is 2.00 bits per heavy atom. The smallest absolute Gasteiger partial charge is 0.322 e. The lowest BCUT2D eigenvalue weighted by atomic mass is 10.1. The van der Waals surface area contributed by atoms with Gasteiger partial charge in [0.05, 0.1) is 17.1 Å². The zero-order valence-corrected chi connectivity index (χ0v) is 14.5. The van der Waals surface area contributed by atoms with E-state index < -0.39 is 11.5 Å². The molecule has 0 unspecified atom stereocenters. The molecule has 0 spiro atoms. The summed E-state index contributed by atoms with van der Waals surface area (Å²) < 4.78 is 0.787. The summed E-state index contributed by atoms with van der Waals surface area (Å²) in [7, 11) is 0. The molecule has 0 bridgehead atoms. The van der Waals surface area contributed by atoms with Crippen LogP contribution in [0.2, 0.25) is 5.02 Å². The van der Waals surface area contributed by atoms with Crippen molar-refractivity contribution in [2.24, 2.45) is 0 Å². The molecule has 0 heterocycles. The number of halogens is 2. The second-order valence-electron chi connectivity index (χ2n) is 5.52. The Labute approximate surface area is 137 Å². The summed E-state index contributed by atoms with van der Waals surface area (Å²) in [6, 6.07) is 4.74. The van der Waals surface area contributed by atoms with Gasteiger partial charge >= 0.3 is 12.0 Å². The lowest BCUT2D eigenvalue weighted by molar-refractivity contribution is -0.137. The number of carboxylic acid groups (broad SMARTS) is 1. The number of nitrogens with one attached hydrogen (secondary N) is 1. The quantitative estimate of drug-likeness (QED) is 0.826. The van der Waals surface area contributed by atoms with Gasteiger partial charge in [-0.05, 0) is 39.0 Å². The first-order valence-electron chi connectivity index (χ1n) is 6.36. The van der Waals surface area contributed by atoms with Crippen molar-refractivity contribution in [3.05, 3.63) is 27.7 Å². The number of urea groups is 1. The Balaban J connectivity index is 2.90. The number of aliphatic carboxylic acids is 1. The molecular formula is C14H18BrClN2O3. The SMILES string of the molecule is CC(C)(C)N(CCC(=O)O)C(=O)Nc1cc(Br)ccc1Cl. The fraction of sp³-hybridized carbons (Fsp3) is 0.429. The topological polar surface area (TPSA) is 69.6 Å². The molecule has 1 rings (SSSR count). The molecule has 0 saturated carbocycles. The number of carbonyl (C=O) groups excluding carboxylic acids is 1. The number of anilines is 1.